The van der Waals surface area contributed by atoms with E-state index < -0.39 is 30.6 Å². The van der Waals surface area contributed by atoms with Crippen LogP contribution in [-0.2, 0) is 26.5 Å². The molecule has 4 heterocycles. The molecule has 2 fully saturated rings. The molecule has 0 aromatic heterocycles. The average Bonchev–Trinajstić information content (AvgIpc) is 3.92. The molecule has 2 saturated heterocycles. The molecule has 4 aliphatic heterocycles. The van der Waals surface area contributed by atoms with Gasteiger partial charge in [-0.3, -0.25) is 29.4 Å². The predicted molar refractivity (Wildman–Crippen MR) is 236 cm³/mol. The standard InChI is InChI=1S/C48H48N4O9Si/c1-30-45(62(3,4)36-22-20-35(59-2)21-23-36)43(27-44(54)49-25-9-10-34(49)29-53)61-48(30)38-26-33(52(57)58)19-24-39(38)50(47(48)56)28-31-15-17-32(18-16-31)51-40-12-6-8-14-42(40)60-41-13-7-5-11-37(41)46(51)55/h5-8,11-24,26,30,34,43,45,53H,9-10,25,27-29H2,1-4H3/t30-,34-,43+,45-,48+/m0/s1. The number of carbonyl (C=O) groups is 3. The zero-order valence-corrected chi connectivity index (χ0v) is 36.0. The molecule has 13 nitrogen and oxygen atoms in total. The number of amides is 3. The molecule has 4 aliphatic rings. The molecule has 5 aromatic carbocycles. The summed E-state index contributed by atoms with van der Waals surface area (Å²) in [6, 6.07) is 34.0. The van der Waals surface area contributed by atoms with Crippen LogP contribution in [0.15, 0.2) is 115 Å². The highest BCUT2D eigenvalue weighted by Gasteiger charge is 2.67. The first-order valence-corrected chi connectivity index (χ1v) is 24.1. The smallest absolute Gasteiger partial charge is 0.269 e. The number of ether oxygens (including phenoxy) is 3. The van der Waals surface area contributed by atoms with E-state index in [9.17, 15) is 24.8 Å². The molecule has 5 aromatic rings. The molecule has 0 radical (unpaired) electrons. The Bertz CT molecular complexity index is 2580. The number of carbonyl (C=O) groups excluding carboxylic acids is 3. The molecule has 62 heavy (non-hydrogen) atoms. The summed E-state index contributed by atoms with van der Waals surface area (Å²) in [4.78, 5) is 60.6. The van der Waals surface area contributed by atoms with Gasteiger partial charge in [-0.15, -0.1) is 0 Å². The van der Waals surface area contributed by atoms with Crippen LogP contribution in [0.4, 0.5) is 22.7 Å². The van der Waals surface area contributed by atoms with Gasteiger partial charge >= 0.3 is 0 Å². The van der Waals surface area contributed by atoms with E-state index in [1.807, 2.05) is 85.8 Å². The highest BCUT2D eigenvalue weighted by Crippen LogP contribution is 2.60. The van der Waals surface area contributed by atoms with Gasteiger partial charge in [0, 0.05) is 35.8 Å². The third-order valence-electron chi connectivity index (χ3n) is 13.5. The number of aliphatic hydroxyl groups excluding tert-OH is 1. The molecule has 3 amide bonds. The lowest BCUT2D eigenvalue weighted by Crippen LogP contribution is -2.52. The van der Waals surface area contributed by atoms with E-state index in [2.05, 4.69) is 13.1 Å². The first kappa shape index (κ1) is 41.0. The molecule has 0 unspecified atom stereocenters. The number of nitro benzene ring substituents is 1. The summed E-state index contributed by atoms with van der Waals surface area (Å²) in [5, 5.41) is 23.5. The van der Waals surface area contributed by atoms with Crippen molar-refractivity contribution in [3.63, 3.8) is 0 Å². The van der Waals surface area contributed by atoms with Crippen molar-refractivity contribution in [1.29, 1.82) is 0 Å². The summed E-state index contributed by atoms with van der Waals surface area (Å²) in [5.74, 6) is 0.437. The van der Waals surface area contributed by atoms with Crippen LogP contribution >= 0.6 is 0 Å². The Morgan fingerprint density at radius 3 is 2.35 bits per heavy atom. The van der Waals surface area contributed by atoms with Crippen LogP contribution in [0.2, 0.25) is 18.6 Å². The number of hydrogen-bond donors (Lipinski definition) is 1. The summed E-state index contributed by atoms with van der Waals surface area (Å²) in [6.45, 7) is 6.92. The van der Waals surface area contributed by atoms with E-state index in [0.717, 1.165) is 17.2 Å². The van der Waals surface area contributed by atoms with Crippen molar-refractivity contribution >= 4 is 53.7 Å². The maximum Gasteiger partial charge on any atom is 0.269 e. The number of methoxy groups -OCH3 is 1. The maximum absolute atomic E-state index is 15.4. The molecule has 1 N–H and O–H groups in total. The quantitative estimate of drug-likeness (QED) is 0.0842. The number of non-ortho nitro benzene ring substituents is 1. The van der Waals surface area contributed by atoms with E-state index >= 15 is 4.79 Å². The minimum Gasteiger partial charge on any atom is -0.497 e. The first-order valence-electron chi connectivity index (χ1n) is 21.0. The Labute approximate surface area is 360 Å². The van der Waals surface area contributed by atoms with Crippen LogP contribution in [0.5, 0.6) is 17.2 Å². The number of likely N-dealkylation sites (tertiary alicyclic amines) is 1. The van der Waals surface area contributed by atoms with Gasteiger partial charge in [0.2, 0.25) is 5.91 Å². The fourth-order valence-electron chi connectivity index (χ4n) is 10.4. The number of benzene rings is 5. The Morgan fingerprint density at radius 1 is 0.935 bits per heavy atom. The number of nitro groups is 1. The molecule has 14 heteroatoms. The van der Waals surface area contributed by atoms with Crippen molar-refractivity contribution in [3.05, 3.63) is 142 Å². The zero-order valence-electron chi connectivity index (χ0n) is 35.0. The van der Waals surface area contributed by atoms with Gasteiger partial charge in [0.05, 0.1) is 68.8 Å². The predicted octanol–water partition coefficient (Wildman–Crippen LogP) is 7.82. The summed E-state index contributed by atoms with van der Waals surface area (Å²) in [7, 11) is -1.03. The van der Waals surface area contributed by atoms with Gasteiger partial charge in [0.15, 0.2) is 11.4 Å². The second-order valence-corrected chi connectivity index (χ2v) is 21.8. The highest BCUT2D eigenvalue weighted by atomic mass is 28.3. The number of nitrogens with zero attached hydrogens (tertiary/aromatic N) is 4. The summed E-state index contributed by atoms with van der Waals surface area (Å²) in [5.41, 5.74) is 1.17. The Morgan fingerprint density at radius 2 is 1.65 bits per heavy atom. The van der Waals surface area contributed by atoms with Crippen LogP contribution in [-0.4, -0.2) is 73.1 Å². The Hall–Kier alpha value is -6.35. The molecule has 0 saturated carbocycles. The summed E-state index contributed by atoms with van der Waals surface area (Å²) in [6.07, 6.45) is 0.777. The van der Waals surface area contributed by atoms with E-state index in [1.54, 1.807) is 46.1 Å². The highest BCUT2D eigenvalue weighted by molar-refractivity contribution is 6.91. The van der Waals surface area contributed by atoms with Crippen molar-refractivity contribution in [2.75, 3.05) is 30.1 Å². The lowest BCUT2D eigenvalue weighted by Gasteiger charge is -2.37. The van der Waals surface area contributed by atoms with E-state index in [-0.39, 0.29) is 54.6 Å². The van der Waals surface area contributed by atoms with E-state index in [1.165, 1.54) is 12.1 Å². The number of anilines is 3. The second kappa shape index (κ2) is 15.8. The van der Waals surface area contributed by atoms with E-state index in [4.69, 9.17) is 14.2 Å². The van der Waals surface area contributed by atoms with Gasteiger partial charge in [-0.1, -0.05) is 73.7 Å². The van der Waals surface area contributed by atoms with Crippen molar-refractivity contribution < 1.29 is 38.6 Å². The lowest BCUT2D eigenvalue weighted by atomic mass is 9.82. The van der Waals surface area contributed by atoms with Gasteiger partial charge in [-0.25, -0.2) is 0 Å². The minimum atomic E-state index is -2.64. The fourth-order valence-corrected chi connectivity index (χ4v) is 14.4. The Balaban J connectivity index is 1.09. The zero-order chi connectivity index (χ0) is 43.5. The number of hydrogen-bond acceptors (Lipinski definition) is 9. The molecular formula is C48H48N4O9Si. The van der Waals surface area contributed by atoms with Crippen molar-refractivity contribution in [1.82, 2.24) is 4.90 Å². The number of aliphatic hydroxyl groups is 1. The SMILES string of the molecule is COc1ccc([Si](C)(C)[C@@H]2[C@@H](CC(=O)N3CCC[C@H]3CO)O[C@]3(C(=O)N(Cc4ccc(N5C(=O)c6ccccc6Oc6ccccc65)cc4)c4ccc([N+](=O)[O-])cc43)[C@H]2C)cc1. The van der Waals surface area contributed by atoms with Crippen molar-refractivity contribution in [3.8, 4) is 17.2 Å². The van der Waals surface area contributed by atoms with Gasteiger partial charge < -0.3 is 29.1 Å². The lowest BCUT2D eigenvalue weighted by molar-refractivity contribution is -0.385. The number of para-hydroxylation sites is 3. The minimum absolute atomic E-state index is 0.00723. The van der Waals surface area contributed by atoms with Crippen LogP contribution in [0.25, 0.3) is 0 Å². The van der Waals surface area contributed by atoms with Crippen molar-refractivity contribution in [2.45, 2.75) is 69.1 Å². The molecule has 318 valence electrons. The van der Waals surface area contributed by atoms with Gasteiger partial charge in [0.25, 0.3) is 17.5 Å². The average molecular weight is 853 g/mol. The third-order valence-corrected chi connectivity index (χ3v) is 17.9. The van der Waals surface area contributed by atoms with E-state index in [0.29, 0.717) is 58.4 Å². The third kappa shape index (κ3) is 6.64. The van der Waals surface area contributed by atoms with Crippen LogP contribution in [0, 0.1) is 16.0 Å². The molecular weight excluding hydrogens is 805 g/mol. The molecule has 9 rings (SSSR count). The normalized spacial score (nSPS) is 22.9. The first-order chi connectivity index (χ1) is 29.9. The van der Waals surface area contributed by atoms with Crippen LogP contribution in [0.3, 0.4) is 0 Å². The summed E-state index contributed by atoms with van der Waals surface area (Å²) >= 11 is 0. The second-order valence-electron chi connectivity index (χ2n) is 17.1. The summed E-state index contributed by atoms with van der Waals surface area (Å²) < 4.78 is 18.8. The van der Waals surface area contributed by atoms with Crippen LogP contribution in [0.1, 0.15) is 47.7 Å². The molecule has 5 atom stereocenters. The van der Waals surface area contributed by atoms with Gasteiger partial charge in [0.1, 0.15) is 11.5 Å². The van der Waals surface area contributed by atoms with Crippen molar-refractivity contribution in [2.24, 2.45) is 5.92 Å². The Kier molecular flexibility index (Phi) is 10.5. The fraction of sp³-hybridized carbons (Fsp3) is 0.312. The van der Waals surface area contributed by atoms with Gasteiger partial charge in [-0.2, -0.15) is 0 Å². The topological polar surface area (TPSA) is 152 Å². The molecule has 1 spiro atoms. The van der Waals surface area contributed by atoms with Crippen LogP contribution < -0.4 is 24.5 Å². The number of rotatable bonds is 10. The molecule has 0 bridgehead atoms. The maximum atomic E-state index is 15.4. The largest absolute Gasteiger partial charge is 0.497 e. The van der Waals surface area contributed by atoms with Gasteiger partial charge in [-0.05, 0) is 78.5 Å². The molecule has 0 aliphatic carbocycles. The number of fused-ring (bicyclic) bond motifs is 4. The monoisotopic (exact) mass is 852 g/mol.